The zero-order valence-electron chi connectivity index (χ0n) is 8.16. The van der Waals surface area contributed by atoms with Gasteiger partial charge in [0.05, 0.1) is 5.69 Å². The van der Waals surface area contributed by atoms with E-state index >= 15 is 0 Å². The van der Waals surface area contributed by atoms with Crippen molar-refractivity contribution in [2.45, 2.75) is 38.6 Å². The fourth-order valence-corrected chi connectivity index (χ4v) is 3.15. The number of hydrogen-bond donors (Lipinski definition) is 1. The summed E-state index contributed by atoms with van der Waals surface area (Å²) in [6, 6.07) is 2.61. The maximum atomic E-state index is 6.00. The van der Waals surface area contributed by atoms with Gasteiger partial charge in [0.2, 0.25) is 0 Å². The summed E-state index contributed by atoms with van der Waals surface area (Å²) in [5, 5.41) is 0. The first-order valence-corrected chi connectivity index (χ1v) is 5.64. The van der Waals surface area contributed by atoms with Gasteiger partial charge in [0.1, 0.15) is 0 Å². The quantitative estimate of drug-likeness (QED) is 0.748. The highest BCUT2D eigenvalue weighted by atomic mass is 32.1. The first-order valence-electron chi connectivity index (χ1n) is 4.87. The molecule has 1 saturated carbocycles. The summed E-state index contributed by atoms with van der Waals surface area (Å²) in [6.07, 6.45) is 2.41. The Balaban J connectivity index is 2.18. The van der Waals surface area contributed by atoms with Crippen LogP contribution in [0, 0.1) is 12.8 Å². The fourth-order valence-electron chi connectivity index (χ4n) is 2.16. The first kappa shape index (κ1) is 9.16. The molecular weight excluding hydrogens is 180 g/mol. The molecule has 3 atom stereocenters. The number of nitrogens with two attached hydrogens (primary N) is 1. The number of aromatic nitrogens is 1. The van der Waals surface area contributed by atoms with Gasteiger partial charge in [-0.15, -0.1) is 0 Å². The van der Waals surface area contributed by atoms with Crippen LogP contribution in [0.2, 0.25) is 0 Å². The van der Waals surface area contributed by atoms with Crippen molar-refractivity contribution in [2.75, 3.05) is 0 Å². The first-order chi connectivity index (χ1) is 6.18. The molecule has 3 unspecified atom stereocenters. The third kappa shape index (κ3) is 1.63. The molecule has 2 rings (SSSR count). The third-order valence-electron chi connectivity index (χ3n) is 3.13. The van der Waals surface area contributed by atoms with Gasteiger partial charge in [-0.1, -0.05) is 6.92 Å². The average Bonchev–Trinajstić information content (AvgIpc) is 2.62. The molecule has 1 aliphatic rings. The summed E-state index contributed by atoms with van der Waals surface area (Å²) in [6.45, 7) is 4.32. The van der Waals surface area contributed by atoms with Crippen molar-refractivity contribution in [3.63, 3.8) is 0 Å². The second-order valence-corrected chi connectivity index (χ2v) is 4.91. The van der Waals surface area contributed by atoms with Crippen molar-refractivity contribution in [1.82, 2.24) is 4.37 Å². The van der Waals surface area contributed by atoms with Crippen LogP contribution in [0.4, 0.5) is 0 Å². The normalized spacial score (nSPS) is 33.9. The van der Waals surface area contributed by atoms with E-state index in [0.29, 0.717) is 17.9 Å². The Morgan fingerprint density at radius 1 is 1.54 bits per heavy atom. The van der Waals surface area contributed by atoms with E-state index < -0.39 is 0 Å². The predicted octanol–water partition coefficient (Wildman–Crippen LogP) is 2.29. The van der Waals surface area contributed by atoms with E-state index in [-0.39, 0.29) is 0 Å². The largest absolute Gasteiger partial charge is 0.327 e. The molecule has 1 heterocycles. The van der Waals surface area contributed by atoms with Crippen LogP contribution in [0.5, 0.6) is 0 Å². The summed E-state index contributed by atoms with van der Waals surface area (Å²) >= 11 is 1.65. The van der Waals surface area contributed by atoms with Crippen molar-refractivity contribution in [3.05, 3.63) is 16.6 Å². The molecule has 2 nitrogen and oxygen atoms in total. The number of rotatable bonds is 1. The molecule has 0 radical (unpaired) electrons. The van der Waals surface area contributed by atoms with Gasteiger partial charge in [0, 0.05) is 10.9 Å². The Labute approximate surface area is 83.3 Å². The van der Waals surface area contributed by atoms with Crippen LogP contribution in [0.25, 0.3) is 0 Å². The number of aryl methyl sites for hydroxylation is 1. The molecule has 0 aromatic carbocycles. The zero-order valence-corrected chi connectivity index (χ0v) is 8.97. The Bertz CT molecular complexity index is 295. The minimum atomic E-state index is 0.396. The minimum Gasteiger partial charge on any atom is -0.327 e. The topological polar surface area (TPSA) is 38.9 Å². The molecule has 1 fully saturated rings. The van der Waals surface area contributed by atoms with Crippen molar-refractivity contribution < 1.29 is 0 Å². The maximum Gasteiger partial charge on any atom is 0.0514 e. The lowest BCUT2D eigenvalue weighted by Gasteiger charge is -2.15. The molecule has 1 aliphatic carbocycles. The number of hydrogen-bond acceptors (Lipinski definition) is 3. The van der Waals surface area contributed by atoms with E-state index in [2.05, 4.69) is 24.3 Å². The van der Waals surface area contributed by atoms with Gasteiger partial charge in [0.15, 0.2) is 0 Å². The van der Waals surface area contributed by atoms with Crippen molar-refractivity contribution in [3.8, 4) is 0 Å². The lowest BCUT2D eigenvalue weighted by Crippen LogP contribution is -2.24. The lowest BCUT2D eigenvalue weighted by molar-refractivity contribution is 0.483. The Morgan fingerprint density at radius 3 is 2.77 bits per heavy atom. The minimum absolute atomic E-state index is 0.396. The predicted molar refractivity (Wildman–Crippen MR) is 56.0 cm³/mol. The van der Waals surface area contributed by atoms with Crippen LogP contribution in [-0.2, 0) is 0 Å². The van der Waals surface area contributed by atoms with E-state index in [1.807, 2.05) is 0 Å². The highest BCUT2D eigenvalue weighted by Crippen LogP contribution is 2.40. The SMILES string of the molecule is Cc1cc(C2CCC(N)C2C)sn1. The summed E-state index contributed by atoms with van der Waals surface area (Å²) in [5.74, 6) is 1.29. The summed E-state index contributed by atoms with van der Waals surface area (Å²) in [7, 11) is 0. The van der Waals surface area contributed by atoms with Gasteiger partial charge in [-0.05, 0) is 49.2 Å². The molecule has 0 spiro atoms. The van der Waals surface area contributed by atoms with Crippen LogP contribution in [0.15, 0.2) is 6.07 Å². The van der Waals surface area contributed by atoms with Gasteiger partial charge in [-0.3, -0.25) is 0 Å². The smallest absolute Gasteiger partial charge is 0.0514 e. The second kappa shape index (κ2) is 3.39. The highest BCUT2D eigenvalue weighted by Gasteiger charge is 2.32. The summed E-state index contributed by atoms with van der Waals surface area (Å²) in [5.41, 5.74) is 7.14. The third-order valence-corrected chi connectivity index (χ3v) is 4.14. The van der Waals surface area contributed by atoms with E-state index in [1.165, 1.54) is 17.7 Å². The van der Waals surface area contributed by atoms with Gasteiger partial charge < -0.3 is 5.73 Å². The Morgan fingerprint density at radius 2 is 2.31 bits per heavy atom. The standard InChI is InChI=1S/C10H16N2S/c1-6-5-10(13-12-6)8-3-4-9(11)7(8)2/h5,7-9H,3-4,11H2,1-2H3. The van der Waals surface area contributed by atoms with Gasteiger partial charge in [-0.25, -0.2) is 0 Å². The molecule has 3 heteroatoms. The molecule has 2 N–H and O–H groups in total. The highest BCUT2D eigenvalue weighted by molar-refractivity contribution is 7.05. The Hall–Kier alpha value is -0.410. The molecular formula is C10H16N2S. The van der Waals surface area contributed by atoms with Crippen molar-refractivity contribution in [2.24, 2.45) is 11.7 Å². The average molecular weight is 196 g/mol. The van der Waals surface area contributed by atoms with Crippen molar-refractivity contribution >= 4 is 11.5 Å². The molecule has 0 bridgehead atoms. The zero-order chi connectivity index (χ0) is 9.42. The molecule has 0 amide bonds. The van der Waals surface area contributed by atoms with Crippen LogP contribution in [0.3, 0.4) is 0 Å². The van der Waals surface area contributed by atoms with E-state index in [4.69, 9.17) is 5.73 Å². The number of nitrogens with zero attached hydrogens (tertiary/aromatic N) is 1. The molecule has 72 valence electrons. The second-order valence-electron chi connectivity index (χ2n) is 4.08. The molecule has 1 aromatic heterocycles. The van der Waals surface area contributed by atoms with E-state index in [0.717, 1.165) is 5.69 Å². The van der Waals surface area contributed by atoms with Gasteiger partial charge >= 0.3 is 0 Å². The van der Waals surface area contributed by atoms with Crippen molar-refractivity contribution in [1.29, 1.82) is 0 Å². The van der Waals surface area contributed by atoms with Crippen LogP contribution in [0.1, 0.15) is 36.3 Å². The van der Waals surface area contributed by atoms with Gasteiger partial charge in [0.25, 0.3) is 0 Å². The summed E-state index contributed by atoms with van der Waals surface area (Å²) < 4.78 is 4.32. The monoisotopic (exact) mass is 196 g/mol. The maximum absolute atomic E-state index is 6.00. The van der Waals surface area contributed by atoms with E-state index in [9.17, 15) is 0 Å². The van der Waals surface area contributed by atoms with Crippen LogP contribution >= 0.6 is 11.5 Å². The van der Waals surface area contributed by atoms with Crippen LogP contribution < -0.4 is 5.73 Å². The molecule has 13 heavy (non-hydrogen) atoms. The molecule has 0 aliphatic heterocycles. The Kier molecular flexibility index (Phi) is 2.39. The van der Waals surface area contributed by atoms with E-state index in [1.54, 1.807) is 11.5 Å². The fraction of sp³-hybridized carbons (Fsp3) is 0.700. The molecule has 0 saturated heterocycles. The van der Waals surface area contributed by atoms with Crippen LogP contribution in [-0.4, -0.2) is 10.4 Å². The lowest BCUT2D eigenvalue weighted by atomic mass is 9.94. The van der Waals surface area contributed by atoms with Gasteiger partial charge in [-0.2, -0.15) is 4.37 Å². The molecule has 1 aromatic rings. The summed E-state index contributed by atoms with van der Waals surface area (Å²) in [4.78, 5) is 1.43.